The van der Waals surface area contributed by atoms with Gasteiger partial charge in [-0.3, -0.25) is 0 Å². The molecule has 0 aliphatic heterocycles. The average Bonchev–Trinajstić information content (AvgIpc) is 3.47. The number of hydrogen-bond donors (Lipinski definition) is 3. The molecule has 0 aliphatic rings. The van der Waals surface area contributed by atoms with Crippen LogP contribution in [0.3, 0.4) is 0 Å². The molecule has 5 rings (SSSR count). The number of anilines is 2. The summed E-state index contributed by atoms with van der Waals surface area (Å²) in [4.78, 5) is 20.1. The van der Waals surface area contributed by atoms with Crippen molar-refractivity contribution in [3.63, 3.8) is 0 Å². The second kappa shape index (κ2) is 8.11. The van der Waals surface area contributed by atoms with Crippen LogP contribution in [0.25, 0.3) is 21.9 Å². The quantitative estimate of drug-likeness (QED) is 0.345. The van der Waals surface area contributed by atoms with E-state index in [-0.39, 0.29) is 0 Å². The van der Waals surface area contributed by atoms with Crippen molar-refractivity contribution in [3.05, 3.63) is 84.3 Å². The molecule has 32 heavy (non-hydrogen) atoms. The fourth-order valence-electron chi connectivity index (χ4n) is 3.76. The number of pyridine rings is 1. The first kappa shape index (κ1) is 17.4. The number of nitrogens with zero attached hydrogens (tertiary/aromatic N) is 2. The third-order valence-electron chi connectivity index (χ3n) is 5.29. The molecule has 2 aromatic carbocycles. The van der Waals surface area contributed by atoms with E-state index in [1.165, 1.54) is 0 Å². The van der Waals surface area contributed by atoms with Crippen molar-refractivity contribution in [1.82, 2.24) is 14.5 Å². The molecule has 160 valence electrons. The van der Waals surface area contributed by atoms with E-state index in [0.717, 1.165) is 16.3 Å². The van der Waals surface area contributed by atoms with E-state index in [1.54, 1.807) is 60.6 Å². The number of nitrogens with one attached hydrogen (secondary N) is 3. The summed E-state index contributed by atoms with van der Waals surface area (Å²) in [6.07, 6.45) is 5.03. The maximum absolute atomic E-state index is 12.8. The summed E-state index contributed by atoms with van der Waals surface area (Å²) in [6.45, 7) is 0.0882. The molecule has 3 aromatic heterocycles. The zero-order chi connectivity index (χ0) is 23.9. The SMILES string of the molecule is [2H]C([2H])(c1ccnc2[nH]ccc12)n1ccc2c(NC(=O)Nc3cc(C)ccc3OC)cccc21. The summed E-state index contributed by atoms with van der Waals surface area (Å²) in [5.41, 5.74) is 3.90. The van der Waals surface area contributed by atoms with Crippen LogP contribution in [0.1, 0.15) is 13.9 Å². The van der Waals surface area contributed by atoms with Gasteiger partial charge in [-0.05, 0) is 60.5 Å². The minimum absolute atomic E-state index is 0.421. The van der Waals surface area contributed by atoms with Crippen molar-refractivity contribution in [2.75, 3.05) is 17.7 Å². The first-order valence-electron chi connectivity index (χ1n) is 11.1. The maximum atomic E-state index is 12.8. The largest absolute Gasteiger partial charge is 0.495 e. The third kappa shape index (κ3) is 3.65. The molecule has 0 bridgehead atoms. The molecule has 7 nitrogen and oxygen atoms in total. The first-order chi connectivity index (χ1) is 16.4. The minimum Gasteiger partial charge on any atom is -0.495 e. The highest BCUT2D eigenvalue weighted by atomic mass is 16.5. The Morgan fingerprint density at radius 3 is 2.88 bits per heavy atom. The number of aromatic amines is 1. The van der Waals surface area contributed by atoms with Gasteiger partial charge in [-0.15, -0.1) is 0 Å². The maximum Gasteiger partial charge on any atom is 0.323 e. The highest BCUT2D eigenvalue weighted by Crippen LogP contribution is 2.28. The van der Waals surface area contributed by atoms with Gasteiger partial charge < -0.3 is 24.9 Å². The summed E-state index contributed by atoms with van der Waals surface area (Å²) < 4.78 is 24.8. The van der Waals surface area contributed by atoms with E-state index < -0.39 is 12.5 Å². The van der Waals surface area contributed by atoms with Gasteiger partial charge in [-0.25, -0.2) is 9.78 Å². The molecule has 0 fully saturated rings. The lowest BCUT2D eigenvalue weighted by atomic mass is 10.2. The number of aryl methyl sites for hydroxylation is 1. The molecule has 3 heterocycles. The van der Waals surface area contributed by atoms with E-state index in [9.17, 15) is 4.79 Å². The Labute approximate surface area is 187 Å². The Balaban J connectivity index is 1.48. The molecular formula is C25H23N5O2. The first-order valence-corrected chi connectivity index (χ1v) is 10.1. The third-order valence-corrected chi connectivity index (χ3v) is 5.29. The predicted molar refractivity (Wildman–Crippen MR) is 128 cm³/mol. The van der Waals surface area contributed by atoms with Gasteiger partial charge in [0, 0.05) is 35.9 Å². The Morgan fingerprint density at radius 2 is 2.00 bits per heavy atom. The number of methoxy groups -OCH3 is 1. The van der Waals surface area contributed by atoms with E-state index in [0.29, 0.717) is 33.9 Å². The second-order valence-electron chi connectivity index (χ2n) is 7.42. The van der Waals surface area contributed by atoms with Gasteiger partial charge in [-0.1, -0.05) is 12.1 Å². The summed E-state index contributed by atoms with van der Waals surface area (Å²) in [5, 5.41) is 7.14. The Hall–Kier alpha value is -4.26. The van der Waals surface area contributed by atoms with Gasteiger partial charge in [0.25, 0.3) is 0 Å². The van der Waals surface area contributed by atoms with Crippen molar-refractivity contribution in [2.24, 2.45) is 0 Å². The van der Waals surface area contributed by atoms with Crippen molar-refractivity contribution >= 4 is 39.3 Å². The van der Waals surface area contributed by atoms with Crippen LogP contribution in [0, 0.1) is 6.92 Å². The summed E-state index contributed by atoms with van der Waals surface area (Å²) >= 11 is 0. The van der Waals surface area contributed by atoms with Crippen LogP contribution in [0.2, 0.25) is 0 Å². The number of hydrogen-bond acceptors (Lipinski definition) is 3. The molecule has 7 heteroatoms. The van der Waals surface area contributed by atoms with Gasteiger partial charge in [-0.2, -0.15) is 0 Å². The molecule has 0 aliphatic carbocycles. The zero-order valence-corrected chi connectivity index (χ0v) is 17.6. The van der Waals surface area contributed by atoms with Crippen LogP contribution in [0.5, 0.6) is 5.75 Å². The number of benzene rings is 2. The second-order valence-corrected chi connectivity index (χ2v) is 7.42. The van der Waals surface area contributed by atoms with Crippen molar-refractivity contribution < 1.29 is 12.3 Å². The van der Waals surface area contributed by atoms with Gasteiger partial charge in [0.15, 0.2) is 0 Å². The van der Waals surface area contributed by atoms with Crippen LogP contribution in [0.15, 0.2) is 73.2 Å². The van der Waals surface area contributed by atoms with Crippen LogP contribution < -0.4 is 15.4 Å². The number of aromatic nitrogens is 3. The fraction of sp³-hybridized carbons (Fsp3) is 0.120. The fourth-order valence-corrected chi connectivity index (χ4v) is 3.76. The van der Waals surface area contributed by atoms with Crippen molar-refractivity contribution in [1.29, 1.82) is 0 Å². The number of carbonyl (C=O) groups excluding carboxylic acids is 1. The monoisotopic (exact) mass is 427 g/mol. The Bertz CT molecular complexity index is 1520. The molecule has 0 saturated heterocycles. The van der Waals surface area contributed by atoms with Crippen molar-refractivity contribution in [3.8, 4) is 5.75 Å². The number of H-pyrrole nitrogens is 1. The van der Waals surface area contributed by atoms with E-state index in [1.807, 2.05) is 31.2 Å². The van der Waals surface area contributed by atoms with E-state index in [4.69, 9.17) is 7.48 Å². The molecule has 0 unspecified atom stereocenters. The Morgan fingerprint density at radius 1 is 1.12 bits per heavy atom. The zero-order valence-electron chi connectivity index (χ0n) is 19.6. The topological polar surface area (TPSA) is 84.0 Å². The average molecular weight is 428 g/mol. The van der Waals surface area contributed by atoms with Gasteiger partial charge >= 0.3 is 6.03 Å². The summed E-state index contributed by atoms with van der Waals surface area (Å²) in [5.74, 6) is 0.562. The lowest BCUT2D eigenvalue weighted by molar-refractivity contribution is 0.262. The van der Waals surface area contributed by atoms with Gasteiger partial charge in [0.2, 0.25) is 0 Å². The summed E-state index contributed by atoms with van der Waals surface area (Å²) in [7, 11) is 1.55. The standard InChI is InChI=1S/C25H23N5O2/c1-16-6-7-23(32-2)21(14-16)29-25(31)28-20-4-3-5-22-19(20)10-13-30(22)15-17-8-11-26-24-18(17)9-12-27-24/h3-14H,15H2,1-2H3,(H,26,27)(H2,28,29,31)/i15D2. The lowest BCUT2D eigenvalue weighted by Gasteiger charge is -2.13. The van der Waals surface area contributed by atoms with Crippen LogP contribution >= 0.6 is 0 Å². The number of amides is 2. The summed E-state index contributed by atoms with van der Waals surface area (Å²) in [6, 6.07) is 15.8. The van der Waals surface area contributed by atoms with Gasteiger partial charge in [0.05, 0.1) is 26.7 Å². The van der Waals surface area contributed by atoms with Crippen LogP contribution in [-0.4, -0.2) is 27.7 Å². The van der Waals surface area contributed by atoms with Gasteiger partial charge in [0.1, 0.15) is 11.4 Å². The van der Waals surface area contributed by atoms with Crippen LogP contribution in [-0.2, 0) is 6.50 Å². The number of urea groups is 1. The smallest absolute Gasteiger partial charge is 0.323 e. The van der Waals surface area contributed by atoms with Crippen molar-refractivity contribution in [2.45, 2.75) is 13.4 Å². The highest BCUT2D eigenvalue weighted by molar-refractivity contribution is 6.06. The molecular weight excluding hydrogens is 402 g/mol. The minimum atomic E-state index is -1.85. The van der Waals surface area contributed by atoms with E-state index >= 15 is 0 Å². The highest BCUT2D eigenvalue weighted by Gasteiger charge is 2.12. The Kier molecular flexibility index (Phi) is 4.42. The predicted octanol–water partition coefficient (Wildman–Crippen LogP) is 5.53. The number of fused-ring (bicyclic) bond motifs is 2. The number of ether oxygens (including phenoxy) is 1. The molecule has 2 amide bonds. The van der Waals surface area contributed by atoms with E-state index in [2.05, 4.69) is 20.6 Å². The van der Waals surface area contributed by atoms with Crippen LogP contribution in [0.4, 0.5) is 16.2 Å². The molecule has 0 radical (unpaired) electrons. The molecule has 3 N–H and O–H groups in total. The molecule has 0 spiro atoms. The lowest BCUT2D eigenvalue weighted by Crippen LogP contribution is -2.20. The normalized spacial score (nSPS) is 12.4. The molecule has 0 saturated carbocycles. The molecule has 5 aromatic rings. The number of carbonyl (C=O) groups is 1. The molecule has 0 atom stereocenters. The number of rotatable bonds is 5.